The SMILES string of the molecule is Cc1cc(CCN)nc(COCC(F)(F)C(F)F)n1. The summed E-state index contributed by atoms with van der Waals surface area (Å²) in [6.07, 6.45) is -3.23. The van der Waals surface area contributed by atoms with Crippen molar-refractivity contribution in [3.8, 4) is 0 Å². The van der Waals surface area contributed by atoms with Crippen molar-refractivity contribution in [3.63, 3.8) is 0 Å². The molecule has 0 aliphatic carbocycles. The summed E-state index contributed by atoms with van der Waals surface area (Å²) in [5, 5.41) is 0. The van der Waals surface area contributed by atoms with Gasteiger partial charge in [-0.3, -0.25) is 0 Å². The van der Waals surface area contributed by atoms with E-state index in [0.29, 0.717) is 24.4 Å². The van der Waals surface area contributed by atoms with Gasteiger partial charge in [-0.15, -0.1) is 0 Å². The van der Waals surface area contributed by atoms with Gasteiger partial charge in [0.1, 0.15) is 13.2 Å². The summed E-state index contributed by atoms with van der Waals surface area (Å²) in [5.74, 6) is -3.99. The summed E-state index contributed by atoms with van der Waals surface area (Å²) in [6, 6.07) is 1.71. The molecule has 0 saturated carbocycles. The molecular formula is C11H15F4N3O. The van der Waals surface area contributed by atoms with Crippen LogP contribution in [0.4, 0.5) is 17.6 Å². The van der Waals surface area contributed by atoms with E-state index in [1.165, 1.54) is 0 Å². The van der Waals surface area contributed by atoms with Gasteiger partial charge in [0.25, 0.3) is 0 Å². The molecule has 0 aliphatic rings. The van der Waals surface area contributed by atoms with E-state index in [4.69, 9.17) is 5.73 Å². The Balaban J connectivity index is 2.58. The van der Waals surface area contributed by atoms with Gasteiger partial charge < -0.3 is 10.5 Å². The van der Waals surface area contributed by atoms with Gasteiger partial charge in [-0.25, -0.2) is 18.7 Å². The van der Waals surface area contributed by atoms with E-state index in [2.05, 4.69) is 14.7 Å². The number of aryl methyl sites for hydroxylation is 1. The molecule has 1 rings (SSSR count). The van der Waals surface area contributed by atoms with Crippen molar-refractivity contribution in [2.75, 3.05) is 13.2 Å². The standard InChI is InChI=1S/C11H15F4N3O/c1-7-4-8(2-3-16)18-9(17-7)5-19-6-11(14,15)10(12)13/h4,10H,2-3,5-6,16H2,1H3. The van der Waals surface area contributed by atoms with Crippen LogP contribution in [0, 0.1) is 6.92 Å². The average molecular weight is 281 g/mol. The van der Waals surface area contributed by atoms with E-state index < -0.39 is 19.0 Å². The highest BCUT2D eigenvalue weighted by Crippen LogP contribution is 2.23. The van der Waals surface area contributed by atoms with Crippen LogP contribution in [0.2, 0.25) is 0 Å². The molecule has 0 fully saturated rings. The summed E-state index contributed by atoms with van der Waals surface area (Å²) in [4.78, 5) is 8.01. The smallest absolute Gasteiger partial charge is 0.330 e. The Labute approximate surface area is 108 Å². The van der Waals surface area contributed by atoms with E-state index >= 15 is 0 Å². The largest absolute Gasteiger partial charge is 0.367 e. The van der Waals surface area contributed by atoms with Crippen LogP contribution in [-0.4, -0.2) is 35.5 Å². The number of hydrogen-bond donors (Lipinski definition) is 1. The first-order valence-corrected chi connectivity index (χ1v) is 5.62. The van der Waals surface area contributed by atoms with Crippen LogP contribution in [-0.2, 0) is 17.8 Å². The molecule has 0 saturated heterocycles. The second-order valence-corrected chi connectivity index (χ2v) is 4.01. The molecule has 0 spiro atoms. The molecule has 0 unspecified atom stereocenters. The molecule has 19 heavy (non-hydrogen) atoms. The molecule has 108 valence electrons. The Morgan fingerprint density at radius 1 is 1.37 bits per heavy atom. The average Bonchev–Trinajstić information content (AvgIpc) is 2.28. The predicted molar refractivity (Wildman–Crippen MR) is 60.1 cm³/mol. The zero-order valence-corrected chi connectivity index (χ0v) is 10.4. The lowest BCUT2D eigenvalue weighted by Crippen LogP contribution is -2.32. The molecule has 0 aromatic carbocycles. The van der Waals surface area contributed by atoms with Gasteiger partial charge in [-0.2, -0.15) is 8.78 Å². The summed E-state index contributed by atoms with van der Waals surface area (Å²) >= 11 is 0. The Kier molecular flexibility index (Phi) is 5.61. The van der Waals surface area contributed by atoms with Gasteiger partial charge in [0.15, 0.2) is 5.82 Å². The zero-order chi connectivity index (χ0) is 14.5. The maximum atomic E-state index is 12.6. The number of rotatable bonds is 7. The van der Waals surface area contributed by atoms with E-state index in [-0.39, 0.29) is 12.4 Å². The second kappa shape index (κ2) is 6.76. The maximum Gasteiger partial charge on any atom is 0.330 e. The number of hydrogen-bond acceptors (Lipinski definition) is 4. The van der Waals surface area contributed by atoms with Crippen molar-refractivity contribution in [2.45, 2.75) is 32.3 Å². The highest BCUT2D eigenvalue weighted by atomic mass is 19.3. The summed E-state index contributed by atoms with van der Waals surface area (Å²) in [7, 11) is 0. The summed E-state index contributed by atoms with van der Waals surface area (Å²) < 4.78 is 53.5. The number of nitrogens with two attached hydrogens (primary N) is 1. The van der Waals surface area contributed by atoms with Gasteiger partial charge in [0.2, 0.25) is 0 Å². The first kappa shape index (κ1) is 15.8. The fourth-order valence-electron chi connectivity index (χ4n) is 1.38. The number of halogens is 4. The van der Waals surface area contributed by atoms with Crippen molar-refractivity contribution in [1.82, 2.24) is 9.97 Å². The van der Waals surface area contributed by atoms with Gasteiger partial charge in [0, 0.05) is 17.8 Å². The van der Waals surface area contributed by atoms with Crippen molar-refractivity contribution < 1.29 is 22.3 Å². The fraction of sp³-hybridized carbons (Fsp3) is 0.636. The van der Waals surface area contributed by atoms with Gasteiger partial charge in [-0.1, -0.05) is 0 Å². The van der Waals surface area contributed by atoms with Gasteiger partial charge in [0.05, 0.1) is 0 Å². The third-order valence-corrected chi connectivity index (χ3v) is 2.20. The normalized spacial score (nSPS) is 12.2. The fourth-order valence-corrected chi connectivity index (χ4v) is 1.38. The minimum atomic E-state index is -4.16. The Morgan fingerprint density at radius 2 is 2.05 bits per heavy atom. The monoisotopic (exact) mass is 281 g/mol. The van der Waals surface area contributed by atoms with Crippen LogP contribution in [0.5, 0.6) is 0 Å². The summed E-state index contributed by atoms with van der Waals surface area (Å²) in [6.45, 7) is 0.384. The van der Waals surface area contributed by atoms with E-state index in [1.807, 2.05) is 0 Å². The van der Waals surface area contributed by atoms with E-state index in [1.54, 1.807) is 13.0 Å². The molecule has 0 aliphatic heterocycles. The van der Waals surface area contributed by atoms with Gasteiger partial charge >= 0.3 is 12.3 Å². The van der Waals surface area contributed by atoms with Crippen molar-refractivity contribution >= 4 is 0 Å². The second-order valence-electron chi connectivity index (χ2n) is 4.01. The van der Waals surface area contributed by atoms with Crippen molar-refractivity contribution in [2.24, 2.45) is 5.73 Å². The molecule has 2 N–H and O–H groups in total. The minimum Gasteiger partial charge on any atom is -0.367 e. The van der Waals surface area contributed by atoms with Crippen LogP contribution in [0.1, 0.15) is 17.2 Å². The predicted octanol–water partition coefficient (Wildman–Crippen LogP) is 1.70. The third kappa shape index (κ3) is 5.07. The Bertz CT molecular complexity index is 415. The number of nitrogens with zero attached hydrogens (tertiary/aromatic N) is 2. The quantitative estimate of drug-likeness (QED) is 0.773. The highest BCUT2D eigenvalue weighted by Gasteiger charge is 2.40. The third-order valence-electron chi connectivity index (χ3n) is 2.20. The molecule has 4 nitrogen and oxygen atoms in total. The van der Waals surface area contributed by atoms with Crippen LogP contribution < -0.4 is 5.73 Å². The molecule has 0 atom stereocenters. The molecule has 1 heterocycles. The first-order chi connectivity index (χ1) is 8.85. The molecule has 0 bridgehead atoms. The maximum absolute atomic E-state index is 12.6. The zero-order valence-electron chi connectivity index (χ0n) is 10.4. The molecule has 8 heteroatoms. The highest BCUT2D eigenvalue weighted by molar-refractivity contribution is 5.10. The Hall–Kier alpha value is -1.28. The summed E-state index contributed by atoms with van der Waals surface area (Å²) in [5.41, 5.74) is 6.68. The lowest BCUT2D eigenvalue weighted by Gasteiger charge is -2.15. The van der Waals surface area contributed by atoms with Crippen molar-refractivity contribution in [1.29, 1.82) is 0 Å². The van der Waals surface area contributed by atoms with Crippen LogP contribution in [0.3, 0.4) is 0 Å². The number of alkyl halides is 4. The van der Waals surface area contributed by atoms with Gasteiger partial charge in [-0.05, 0) is 19.5 Å². The van der Waals surface area contributed by atoms with Crippen LogP contribution in [0.15, 0.2) is 6.07 Å². The van der Waals surface area contributed by atoms with Crippen LogP contribution in [0.25, 0.3) is 0 Å². The molecule has 1 aromatic heterocycles. The lowest BCUT2D eigenvalue weighted by atomic mass is 10.2. The number of ether oxygens (including phenoxy) is 1. The number of aromatic nitrogens is 2. The molecule has 1 aromatic rings. The first-order valence-electron chi connectivity index (χ1n) is 5.62. The van der Waals surface area contributed by atoms with E-state index in [0.717, 1.165) is 0 Å². The molecular weight excluding hydrogens is 266 g/mol. The molecule has 0 amide bonds. The topological polar surface area (TPSA) is 61.0 Å². The Morgan fingerprint density at radius 3 is 2.63 bits per heavy atom. The van der Waals surface area contributed by atoms with E-state index in [9.17, 15) is 17.6 Å². The molecule has 0 radical (unpaired) electrons. The lowest BCUT2D eigenvalue weighted by molar-refractivity contribution is -0.168. The van der Waals surface area contributed by atoms with Crippen molar-refractivity contribution in [3.05, 3.63) is 23.3 Å². The van der Waals surface area contributed by atoms with Crippen LogP contribution >= 0.6 is 0 Å². The minimum absolute atomic E-state index is 0.175.